The van der Waals surface area contributed by atoms with Gasteiger partial charge in [-0.1, -0.05) is 19.1 Å². The summed E-state index contributed by atoms with van der Waals surface area (Å²) in [4.78, 5) is 7.00. The molecule has 1 fully saturated rings. The topological polar surface area (TPSA) is 33.1 Å². The minimum atomic E-state index is 0.588. The fourth-order valence-electron chi connectivity index (χ4n) is 3.24. The Kier molecular flexibility index (Phi) is 4.78. The Balaban J connectivity index is 1.63. The van der Waals surface area contributed by atoms with Gasteiger partial charge in [0.25, 0.3) is 0 Å². The van der Waals surface area contributed by atoms with Gasteiger partial charge in [-0.25, -0.2) is 4.98 Å². The molecule has 2 aromatic rings. The van der Waals surface area contributed by atoms with Gasteiger partial charge in [-0.05, 0) is 37.9 Å². The minimum absolute atomic E-state index is 0.588. The summed E-state index contributed by atoms with van der Waals surface area (Å²) in [5.74, 6) is 1.02. The highest BCUT2D eigenvalue weighted by molar-refractivity contribution is 5.63. The maximum atomic E-state index is 4.43. The van der Waals surface area contributed by atoms with Crippen LogP contribution in [0.5, 0.6) is 0 Å². The summed E-state index contributed by atoms with van der Waals surface area (Å²) in [5.41, 5.74) is 2.37. The van der Waals surface area contributed by atoms with Crippen molar-refractivity contribution in [2.24, 2.45) is 7.05 Å². The van der Waals surface area contributed by atoms with Crippen molar-refractivity contribution in [1.29, 1.82) is 0 Å². The first kappa shape index (κ1) is 15.1. The lowest BCUT2D eigenvalue weighted by atomic mass is 10.0. The number of imidazole rings is 1. The van der Waals surface area contributed by atoms with Crippen molar-refractivity contribution in [2.75, 3.05) is 25.0 Å². The largest absolute Gasteiger partial charge is 0.382 e. The van der Waals surface area contributed by atoms with Crippen LogP contribution in [-0.2, 0) is 7.05 Å². The molecule has 1 aromatic carbocycles. The van der Waals surface area contributed by atoms with Gasteiger partial charge in [-0.2, -0.15) is 0 Å². The summed E-state index contributed by atoms with van der Waals surface area (Å²) in [6.07, 6.45) is 7.54. The molecule has 1 aromatic heterocycles. The van der Waals surface area contributed by atoms with Gasteiger partial charge in [-0.15, -0.1) is 0 Å². The van der Waals surface area contributed by atoms with Crippen molar-refractivity contribution in [2.45, 2.75) is 32.2 Å². The molecule has 0 bridgehead atoms. The molecule has 2 heterocycles. The van der Waals surface area contributed by atoms with Crippen LogP contribution in [0.15, 0.2) is 36.7 Å². The van der Waals surface area contributed by atoms with E-state index in [1.165, 1.54) is 50.1 Å². The maximum absolute atomic E-state index is 4.43. The predicted molar refractivity (Wildman–Crippen MR) is 92.0 cm³/mol. The molecule has 0 saturated carbocycles. The van der Waals surface area contributed by atoms with Crippen molar-refractivity contribution in [1.82, 2.24) is 14.5 Å². The van der Waals surface area contributed by atoms with E-state index >= 15 is 0 Å². The summed E-state index contributed by atoms with van der Waals surface area (Å²) in [7, 11) is 2.03. The highest BCUT2D eigenvalue weighted by Gasteiger charge is 2.18. The van der Waals surface area contributed by atoms with Crippen LogP contribution in [0.3, 0.4) is 0 Å². The smallest absolute Gasteiger partial charge is 0.139 e. The molecule has 0 radical (unpaired) electrons. The quantitative estimate of drug-likeness (QED) is 0.918. The Hall–Kier alpha value is -1.81. The zero-order chi connectivity index (χ0) is 15.4. The van der Waals surface area contributed by atoms with E-state index in [0.717, 1.165) is 5.82 Å². The molecule has 0 aliphatic carbocycles. The van der Waals surface area contributed by atoms with Gasteiger partial charge in [0.05, 0.1) is 0 Å². The molecule has 1 aliphatic heterocycles. The Morgan fingerprint density at radius 3 is 2.77 bits per heavy atom. The molecule has 4 heteroatoms. The molecule has 1 aliphatic rings. The zero-order valence-electron chi connectivity index (χ0n) is 13.6. The molecule has 1 saturated heterocycles. The van der Waals surface area contributed by atoms with Crippen molar-refractivity contribution >= 4 is 5.69 Å². The van der Waals surface area contributed by atoms with Gasteiger partial charge in [0.1, 0.15) is 5.82 Å². The first-order valence-corrected chi connectivity index (χ1v) is 8.33. The number of aryl methyl sites for hydroxylation is 1. The Morgan fingerprint density at radius 2 is 2.09 bits per heavy atom. The Bertz CT molecular complexity index is 597. The number of nitrogens with one attached hydrogen (secondary N) is 1. The first-order chi connectivity index (χ1) is 10.8. The van der Waals surface area contributed by atoms with Gasteiger partial charge >= 0.3 is 0 Å². The van der Waals surface area contributed by atoms with Crippen LogP contribution >= 0.6 is 0 Å². The number of nitrogens with zero attached hydrogens (tertiary/aromatic N) is 3. The number of anilines is 1. The van der Waals surface area contributed by atoms with Crippen LogP contribution < -0.4 is 5.32 Å². The van der Waals surface area contributed by atoms with Crippen LogP contribution in [0.1, 0.15) is 26.2 Å². The van der Waals surface area contributed by atoms with E-state index in [9.17, 15) is 0 Å². The second kappa shape index (κ2) is 6.97. The molecule has 0 atom stereocenters. The fraction of sp³-hybridized carbons (Fsp3) is 0.500. The highest BCUT2D eigenvalue weighted by atomic mass is 15.1. The van der Waals surface area contributed by atoms with Crippen molar-refractivity contribution in [3.8, 4) is 11.4 Å². The average molecular weight is 298 g/mol. The molecule has 0 spiro atoms. The highest BCUT2D eigenvalue weighted by Crippen LogP contribution is 2.23. The molecule has 118 valence electrons. The third-order valence-electron chi connectivity index (χ3n) is 4.44. The zero-order valence-corrected chi connectivity index (χ0v) is 13.6. The van der Waals surface area contributed by atoms with E-state index in [0.29, 0.717) is 6.04 Å². The normalized spacial score (nSPS) is 16.8. The summed E-state index contributed by atoms with van der Waals surface area (Å²) in [6, 6.07) is 9.19. The molecule has 4 nitrogen and oxygen atoms in total. The monoisotopic (exact) mass is 298 g/mol. The van der Waals surface area contributed by atoms with Gasteiger partial charge in [0, 0.05) is 49.8 Å². The van der Waals surface area contributed by atoms with Crippen LogP contribution in [0.25, 0.3) is 11.4 Å². The number of piperidine rings is 1. The third kappa shape index (κ3) is 3.50. The van der Waals surface area contributed by atoms with Gasteiger partial charge in [0.15, 0.2) is 0 Å². The van der Waals surface area contributed by atoms with Crippen molar-refractivity contribution < 1.29 is 0 Å². The summed E-state index contributed by atoms with van der Waals surface area (Å²) < 4.78 is 2.06. The number of hydrogen-bond acceptors (Lipinski definition) is 3. The van der Waals surface area contributed by atoms with E-state index in [-0.39, 0.29) is 0 Å². The lowest BCUT2D eigenvalue weighted by Gasteiger charge is -2.32. The molecular formula is C18H26N4. The summed E-state index contributed by atoms with van der Waals surface area (Å²) >= 11 is 0. The Labute approximate surface area is 133 Å². The van der Waals surface area contributed by atoms with E-state index in [1.807, 2.05) is 19.4 Å². The van der Waals surface area contributed by atoms with Crippen LogP contribution in [0.2, 0.25) is 0 Å². The van der Waals surface area contributed by atoms with Crippen LogP contribution in [0, 0.1) is 0 Å². The number of aromatic nitrogens is 2. The summed E-state index contributed by atoms with van der Waals surface area (Å²) in [5, 5.41) is 3.70. The van der Waals surface area contributed by atoms with Crippen LogP contribution in [-0.4, -0.2) is 40.1 Å². The lowest BCUT2D eigenvalue weighted by Crippen LogP contribution is -2.39. The van der Waals surface area contributed by atoms with Gasteiger partial charge in [-0.3, -0.25) is 0 Å². The second-order valence-electron chi connectivity index (χ2n) is 6.20. The maximum Gasteiger partial charge on any atom is 0.139 e. The molecule has 0 amide bonds. The fourth-order valence-corrected chi connectivity index (χ4v) is 3.24. The second-order valence-corrected chi connectivity index (χ2v) is 6.20. The molecule has 0 unspecified atom stereocenters. The van der Waals surface area contributed by atoms with E-state index in [4.69, 9.17) is 0 Å². The number of rotatable bonds is 5. The average Bonchev–Trinajstić information content (AvgIpc) is 2.96. The third-order valence-corrected chi connectivity index (χ3v) is 4.44. The molecule has 3 rings (SSSR count). The van der Waals surface area contributed by atoms with E-state index in [2.05, 4.69) is 51.0 Å². The number of benzene rings is 1. The number of likely N-dealkylation sites (tertiary alicyclic amines) is 1. The lowest BCUT2D eigenvalue weighted by molar-refractivity contribution is 0.219. The van der Waals surface area contributed by atoms with Crippen molar-refractivity contribution in [3.63, 3.8) is 0 Å². The van der Waals surface area contributed by atoms with Crippen molar-refractivity contribution in [3.05, 3.63) is 36.7 Å². The van der Waals surface area contributed by atoms with Crippen LogP contribution in [0.4, 0.5) is 5.69 Å². The SMILES string of the molecule is CCCN1CCC(Nc2cccc(-c3nccn3C)c2)CC1. The molecule has 22 heavy (non-hydrogen) atoms. The van der Waals surface area contributed by atoms with E-state index in [1.54, 1.807) is 0 Å². The minimum Gasteiger partial charge on any atom is -0.382 e. The summed E-state index contributed by atoms with van der Waals surface area (Å²) in [6.45, 7) is 5.92. The molecular weight excluding hydrogens is 272 g/mol. The first-order valence-electron chi connectivity index (χ1n) is 8.33. The van der Waals surface area contributed by atoms with Gasteiger partial charge < -0.3 is 14.8 Å². The predicted octanol–water partition coefficient (Wildman–Crippen LogP) is 3.37. The Morgan fingerprint density at radius 1 is 1.27 bits per heavy atom. The molecule has 1 N–H and O–H groups in total. The van der Waals surface area contributed by atoms with Gasteiger partial charge in [0.2, 0.25) is 0 Å². The van der Waals surface area contributed by atoms with E-state index < -0.39 is 0 Å². The number of hydrogen-bond donors (Lipinski definition) is 1. The standard InChI is InChI=1S/C18H26N4/c1-3-10-22-11-7-16(8-12-22)20-17-6-4-5-15(14-17)18-19-9-13-21(18)2/h4-6,9,13-14,16,20H,3,7-8,10-12H2,1-2H3.